The zero-order valence-electron chi connectivity index (χ0n) is 44.1. The fraction of sp³-hybridized carbons (Fsp3) is 0.661. The molecule has 68 heavy (non-hydrogen) atoms. The van der Waals surface area contributed by atoms with Gasteiger partial charge < -0.3 is 14.2 Å². The number of carbonyl (C=O) groups excluding carboxylic acids is 3. The fourth-order valence-corrected chi connectivity index (χ4v) is 7.34. The van der Waals surface area contributed by atoms with Crippen LogP contribution in [0.2, 0.25) is 0 Å². The highest BCUT2D eigenvalue weighted by Gasteiger charge is 2.19. The third-order valence-electron chi connectivity index (χ3n) is 11.5. The largest absolute Gasteiger partial charge is 0.462 e. The molecule has 0 aromatic carbocycles. The third-order valence-corrected chi connectivity index (χ3v) is 11.5. The van der Waals surface area contributed by atoms with Crippen LogP contribution in [-0.4, -0.2) is 37.2 Å². The van der Waals surface area contributed by atoms with Crippen molar-refractivity contribution in [3.05, 3.63) is 109 Å². The molecular formula is C62H102O6. The van der Waals surface area contributed by atoms with Crippen LogP contribution in [0.5, 0.6) is 0 Å². The number of rotatable bonds is 49. The van der Waals surface area contributed by atoms with Crippen molar-refractivity contribution >= 4 is 17.9 Å². The normalized spacial score (nSPS) is 12.9. The number of hydrogen-bond donors (Lipinski definition) is 0. The van der Waals surface area contributed by atoms with Crippen LogP contribution in [-0.2, 0) is 28.6 Å². The molecule has 1 unspecified atom stereocenters. The minimum Gasteiger partial charge on any atom is -0.462 e. The molecule has 386 valence electrons. The number of carbonyl (C=O) groups is 3. The number of hydrogen-bond acceptors (Lipinski definition) is 6. The first-order valence-corrected chi connectivity index (χ1v) is 27.9. The average molecular weight is 943 g/mol. The monoisotopic (exact) mass is 943 g/mol. The van der Waals surface area contributed by atoms with Crippen LogP contribution in [0.1, 0.15) is 245 Å². The average Bonchev–Trinajstić information content (AvgIpc) is 3.34. The van der Waals surface area contributed by atoms with Gasteiger partial charge in [-0.3, -0.25) is 14.4 Å². The molecule has 0 radical (unpaired) electrons. The van der Waals surface area contributed by atoms with Gasteiger partial charge >= 0.3 is 17.9 Å². The minimum atomic E-state index is -0.785. The van der Waals surface area contributed by atoms with Crippen molar-refractivity contribution in [2.75, 3.05) is 13.2 Å². The quantitative estimate of drug-likeness (QED) is 0.0262. The first kappa shape index (κ1) is 64.1. The van der Waals surface area contributed by atoms with Crippen LogP contribution in [0.15, 0.2) is 109 Å². The molecule has 6 nitrogen and oxygen atoms in total. The predicted molar refractivity (Wildman–Crippen MR) is 293 cm³/mol. The Morgan fingerprint density at radius 3 is 0.971 bits per heavy atom. The van der Waals surface area contributed by atoms with Crippen molar-refractivity contribution < 1.29 is 28.6 Å². The number of unbranched alkanes of at least 4 members (excludes halogenated alkanes) is 20. The Morgan fingerprint density at radius 2 is 0.603 bits per heavy atom. The van der Waals surface area contributed by atoms with Crippen LogP contribution in [0.3, 0.4) is 0 Å². The maximum absolute atomic E-state index is 12.7. The molecule has 0 N–H and O–H groups in total. The molecule has 0 aromatic rings. The third kappa shape index (κ3) is 53.0. The molecule has 0 bridgehead atoms. The van der Waals surface area contributed by atoms with Gasteiger partial charge in [-0.05, 0) is 103 Å². The van der Waals surface area contributed by atoms with E-state index in [9.17, 15) is 14.4 Å². The SMILES string of the molecule is CC/C=C\C/C=C\C/C=C\C/C=C\C/C=C\C/C=C\C/C=C\C/C=C\CCCCCCCCC(=O)OCC(COC(=O)CCCCCCCCCCC)OC(=O)CCCCCCC/C=C\CCC. The van der Waals surface area contributed by atoms with Crippen molar-refractivity contribution in [1.82, 2.24) is 0 Å². The van der Waals surface area contributed by atoms with E-state index in [2.05, 4.69) is 130 Å². The maximum atomic E-state index is 12.7. The molecule has 0 aromatic heterocycles. The van der Waals surface area contributed by atoms with Gasteiger partial charge in [-0.2, -0.15) is 0 Å². The second-order valence-electron chi connectivity index (χ2n) is 18.1. The fourth-order valence-electron chi connectivity index (χ4n) is 7.34. The van der Waals surface area contributed by atoms with E-state index in [4.69, 9.17) is 14.2 Å². The van der Waals surface area contributed by atoms with Crippen molar-refractivity contribution in [2.24, 2.45) is 0 Å². The van der Waals surface area contributed by atoms with Gasteiger partial charge in [0.05, 0.1) is 0 Å². The molecule has 0 amide bonds. The summed E-state index contributed by atoms with van der Waals surface area (Å²) in [5.41, 5.74) is 0. The highest BCUT2D eigenvalue weighted by Crippen LogP contribution is 2.14. The van der Waals surface area contributed by atoms with Gasteiger partial charge in [0.1, 0.15) is 13.2 Å². The molecule has 0 fully saturated rings. The Kier molecular flexibility index (Phi) is 52.4. The van der Waals surface area contributed by atoms with Gasteiger partial charge in [0.15, 0.2) is 6.10 Å². The summed E-state index contributed by atoms with van der Waals surface area (Å²) in [5, 5.41) is 0. The molecule has 0 aliphatic rings. The zero-order chi connectivity index (χ0) is 49.3. The lowest BCUT2D eigenvalue weighted by atomic mass is 10.1. The summed E-state index contributed by atoms with van der Waals surface area (Å²) in [7, 11) is 0. The lowest BCUT2D eigenvalue weighted by Crippen LogP contribution is -2.30. The van der Waals surface area contributed by atoms with Crippen molar-refractivity contribution in [2.45, 2.75) is 252 Å². The number of ether oxygens (including phenoxy) is 3. The molecule has 0 aliphatic carbocycles. The first-order valence-electron chi connectivity index (χ1n) is 27.9. The summed E-state index contributed by atoms with van der Waals surface area (Å²) in [6.45, 7) is 6.41. The van der Waals surface area contributed by atoms with Crippen LogP contribution in [0, 0.1) is 0 Å². The van der Waals surface area contributed by atoms with Crippen LogP contribution < -0.4 is 0 Å². The molecule has 0 spiro atoms. The topological polar surface area (TPSA) is 78.9 Å². The summed E-state index contributed by atoms with van der Waals surface area (Å²) in [6, 6.07) is 0. The molecular weight excluding hydrogens is 841 g/mol. The van der Waals surface area contributed by atoms with Gasteiger partial charge in [0.25, 0.3) is 0 Å². The Hall–Kier alpha value is -3.93. The molecule has 0 saturated heterocycles. The van der Waals surface area contributed by atoms with E-state index in [0.717, 1.165) is 141 Å². The van der Waals surface area contributed by atoms with E-state index in [1.807, 2.05) is 0 Å². The second-order valence-corrected chi connectivity index (χ2v) is 18.1. The lowest BCUT2D eigenvalue weighted by molar-refractivity contribution is -0.167. The van der Waals surface area contributed by atoms with E-state index in [1.165, 1.54) is 64.2 Å². The van der Waals surface area contributed by atoms with Crippen molar-refractivity contribution in [1.29, 1.82) is 0 Å². The van der Waals surface area contributed by atoms with E-state index in [1.54, 1.807) is 0 Å². The zero-order valence-corrected chi connectivity index (χ0v) is 44.1. The highest BCUT2D eigenvalue weighted by atomic mass is 16.6. The lowest BCUT2D eigenvalue weighted by Gasteiger charge is -2.18. The minimum absolute atomic E-state index is 0.0855. The van der Waals surface area contributed by atoms with Crippen LogP contribution in [0.4, 0.5) is 0 Å². The summed E-state index contributed by atoms with van der Waals surface area (Å²) in [4.78, 5) is 37.8. The predicted octanol–water partition coefficient (Wildman–Crippen LogP) is 18.7. The van der Waals surface area contributed by atoms with Gasteiger partial charge in [0, 0.05) is 19.3 Å². The van der Waals surface area contributed by atoms with Crippen LogP contribution in [0.25, 0.3) is 0 Å². The second kappa shape index (κ2) is 55.7. The van der Waals surface area contributed by atoms with Gasteiger partial charge in [-0.15, -0.1) is 0 Å². The van der Waals surface area contributed by atoms with E-state index >= 15 is 0 Å². The van der Waals surface area contributed by atoms with E-state index < -0.39 is 6.10 Å². The Balaban J connectivity index is 4.18. The van der Waals surface area contributed by atoms with E-state index in [0.29, 0.717) is 19.3 Å². The highest BCUT2D eigenvalue weighted by molar-refractivity contribution is 5.71. The Bertz CT molecular complexity index is 1410. The first-order chi connectivity index (χ1) is 33.5. The number of esters is 3. The summed E-state index contributed by atoms with van der Waals surface area (Å²) in [5.74, 6) is -0.918. The molecule has 0 heterocycles. The molecule has 0 rings (SSSR count). The van der Waals surface area contributed by atoms with Gasteiger partial charge in [0.2, 0.25) is 0 Å². The Morgan fingerprint density at radius 1 is 0.309 bits per heavy atom. The molecule has 0 saturated carbocycles. The van der Waals surface area contributed by atoms with E-state index in [-0.39, 0.29) is 31.1 Å². The maximum Gasteiger partial charge on any atom is 0.306 e. The molecule has 0 aliphatic heterocycles. The molecule has 6 heteroatoms. The molecule has 1 atom stereocenters. The summed E-state index contributed by atoms with van der Waals surface area (Å²) in [6.07, 6.45) is 75.3. The standard InChI is InChI=1S/C62H102O6/c1-4-7-10-13-16-19-21-22-23-24-25-26-27-28-29-30-31-32-33-34-35-36-37-38-39-40-41-44-46-49-52-55-61(64)67-58-59(57-66-60(63)54-51-48-45-42-18-15-12-9-6-3)68-62(65)56-53-50-47-43-20-17-14-11-8-5-2/h7,10-11,14,16,19,22-23,25-26,28-29,31-32,34-35,37-38,59H,4-6,8-9,12-13,15,17-18,20-21,24,27,30,33,36,39-58H2,1-3H3/b10-7-,14-11-,19-16-,23-22-,26-25-,29-28-,32-31-,35-34-,38-37-. The summed E-state index contributed by atoms with van der Waals surface area (Å²) < 4.78 is 16.7. The Labute approximate surface area is 419 Å². The van der Waals surface area contributed by atoms with Crippen LogP contribution >= 0.6 is 0 Å². The summed E-state index contributed by atoms with van der Waals surface area (Å²) >= 11 is 0. The van der Waals surface area contributed by atoms with Gasteiger partial charge in [-0.1, -0.05) is 233 Å². The van der Waals surface area contributed by atoms with Gasteiger partial charge in [-0.25, -0.2) is 0 Å². The van der Waals surface area contributed by atoms with Crippen molar-refractivity contribution in [3.8, 4) is 0 Å². The smallest absolute Gasteiger partial charge is 0.306 e. The number of allylic oxidation sites excluding steroid dienone is 18. The van der Waals surface area contributed by atoms with Crippen molar-refractivity contribution in [3.63, 3.8) is 0 Å².